The van der Waals surface area contributed by atoms with E-state index in [1.54, 1.807) is 0 Å². The molecule has 1 atom stereocenters. The number of benzene rings is 1. The van der Waals surface area contributed by atoms with Crippen molar-refractivity contribution in [2.45, 2.75) is 33.1 Å². The lowest BCUT2D eigenvalue weighted by Gasteiger charge is -2.16. The van der Waals surface area contributed by atoms with Crippen molar-refractivity contribution in [3.8, 4) is 0 Å². The van der Waals surface area contributed by atoms with E-state index in [0.717, 1.165) is 11.4 Å². The second kappa shape index (κ2) is 4.38. The van der Waals surface area contributed by atoms with E-state index in [-0.39, 0.29) is 0 Å². The van der Waals surface area contributed by atoms with Crippen LogP contribution in [0.2, 0.25) is 0 Å². The van der Waals surface area contributed by atoms with Crippen LogP contribution in [0.4, 0.5) is 0 Å². The second-order valence-electron chi connectivity index (χ2n) is 4.47. The van der Waals surface area contributed by atoms with E-state index < -0.39 is 0 Å². The average molecular weight is 231 g/mol. The molecule has 1 N–H and O–H groups in total. The van der Waals surface area contributed by atoms with E-state index in [0.29, 0.717) is 5.92 Å². The van der Waals surface area contributed by atoms with Gasteiger partial charge in [0, 0.05) is 18.5 Å². The monoisotopic (exact) mass is 231 g/mol. The van der Waals surface area contributed by atoms with Gasteiger partial charge in [-0.25, -0.2) is 0 Å². The fourth-order valence-electron chi connectivity index (χ4n) is 2.18. The molecule has 2 heteroatoms. The molecular formula is C14H17NS. The summed E-state index contributed by atoms with van der Waals surface area (Å²) in [6.07, 6.45) is 2.97. The van der Waals surface area contributed by atoms with Gasteiger partial charge in [0.05, 0.1) is 4.99 Å². The molecule has 0 fully saturated rings. The van der Waals surface area contributed by atoms with Gasteiger partial charge in [-0.05, 0) is 36.1 Å². The van der Waals surface area contributed by atoms with E-state index in [2.05, 4.69) is 50.5 Å². The van der Waals surface area contributed by atoms with E-state index in [9.17, 15) is 0 Å². The molecule has 0 saturated heterocycles. The molecule has 1 unspecified atom stereocenters. The van der Waals surface area contributed by atoms with Crippen LogP contribution in [-0.2, 0) is 0 Å². The Hall–Kier alpha value is -1.15. The van der Waals surface area contributed by atoms with Crippen molar-refractivity contribution >= 4 is 17.2 Å². The van der Waals surface area contributed by atoms with Crippen molar-refractivity contribution in [3.05, 3.63) is 46.7 Å². The zero-order valence-corrected chi connectivity index (χ0v) is 10.8. The summed E-state index contributed by atoms with van der Waals surface area (Å²) < 4.78 is 0. The molecule has 0 saturated carbocycles. The maximum Gasteiger partial charge on any atom is 0.0834 e. The summed E-state index contributed by atoms with van der Waals surface area (Å²) >= 11 is 5.16. The van der Waals surface area contributed by atoms with E-state index in [4.69, 9.17) is 12.2 Å². The van der Waals surface area contributed by atoms with E-state index >= 15 is 0 Å². The van der Waals surface area contributed by atoms with Crippen molar-refractivity contribution < 1.29 is 0 Å². The van der Waals surface area contributed by atoms with Gasteiger partial charge in [0.1, 0.15) is 0 Å². The molecule has 2 rings (SSSR count). The summed E-state index contributed by atoms with van der Waals surface area (Å²) in [5, 5.41) is 3.12. The van der Waals surface area contributed by atoms with Gasteiger partial charge in [-0.2, -0.15) is 0 Å². The number of hydrogen-bond donors (Lipinski definition) is 1. The summed E-state index contributed by atoms with van der Waals surface area (Å²) in [4.78, 5) is 0.937. The van der Waals surface area contributed by atoms with Gasteiger partial charge < -0.3 is 5.32 Å². The Morgan fingerprint density at radius 2 is 2.06 bits per heavy atom. The summed E-state index contributed by atoms with van der Waals surface area (Å²) in [6.45, 7) is 6.61. The SMILES string of the molecule is Cc1cccc(C(C)C2=CNC(=S)C2)c1C. The van der Waals surface area contributed by atoms with Gasteiger partial charge in [0.2, 0.25) is 0 Å². The van der Waals surface area contributed by atoms with Crippen LogP contribution < -0.4 is 5.32 Å². The van der Waals surface area contributed by atoms with Crippen LogP contribution in [-0.4, -0.2) is 4.99 Å². The number of aryl methyl sites for hydroxylation is 1. The summed E-state index contributed by atoms with van der Waals surface area (Å²) in [5.74, 6) is 0.452. The van der Waals surface area contributed by atoms with Gasteiger partial charge in [-0.15, -0.1) is 0 Å². The Bertz CT molecular complexity index is 460. The topological polar surface area (TPSA) is 12.0 Å². The zero-order valence-electron chi connectivity index (χ0n) is 10.0. The number of rotatable bonds is 2. The van der Waals surface area contributed by atoms with Gasteiger partial charge in [0.25, 0.3) is 0 Å². The van der Waals surface area contributed by atoms with Crippen LogP contribution in [0.5, 0.6) is 0 Å². The van der Waals surface area contributed by atoms with Crippen LogP contribution in [0.15, 0.2) is 30.0 Å². The molecule has 84 valence electrons. The quantitative estimate of drug-likeness (QED) is 0.780. The molecule has 1 aliphatic rings. The Labute approximate surface area is 103 Å². The van der Waals surface area contributed by atoms with Gasteiger partial charge in [-0.1, -0.05) is 37.3 Å². The Morgan fingerprint density at radius 3 is 2.69 bits per heavy atom. The Kier molecular flexibility index (Phi) is 3.10. The lowest BCUT2D eigenvalue weighted by Crippen LogP contribution is -2.06. The summed E-state index contributed by atoms with van der Waals surface area (Å²) in [7, 11) is 0. The van der Waals surface area contributed by atoms with Gasteiger partial charge in [0.15, 0.2) is 0 Å². The number of hydrogen-bond acceptors (Lipinski definition) is 1. The van der Waals surface area contributed by atoms with Crippen molar-refractivity contribution in [2.75, 3.05) is 0 Å². The second-order valence-corrected chi connectivity index (χ2v) is 4.97. The zero-order chi connectivity index (χ0) is 11.7. The lowest BCUT2D eigenvalue weighted by molar-refractivity contribution is 0.868. The predicted octanol–water partition coefficient (Wildman–Crippen LogP) is 3.61. The molecular weight excluding hydrogens is 214 g/mol. The Balaban J connectivity index is 2.31. The van der Waals surface area contributed by atoms with Crippen LogP contribution in [0, 0.1) is 13.8 Å². The van der Waals surface area contributed by atoms with Crippen molar-refractivity contribution in [1.82, 2.24) is 5.32 Å². The summed E-state index contributed by atoms with van der Waals surface area (Å²) in [5.41, 5.74) is 5.56. The van der Waals surface area contributed by atoms with Crippen molar-refractivity contribution in [3.63, 3.8) is 0 Å². The molecule has 0 bridgehead atoms. The molecule has 1 aromatic carbocycles. The third-order valence-corrected chi connectivity index (χ3v) is 3.71. The molecule has 0 aliphatic carbocycles. The highest BCUT2D eigenvalue weighted by atomic mass is 32.1. The normalized spacial score (nSPS) is 16.9. The third-order valence-electron chi connectivity index (χ3n) is 3.45. The van der Waals surface area contributed by atoms with Crippen molar-refractivity contribution in [1.29, 1.82) is 0 Å². The first-order valence-corrected chi connectivity index (χ1v) is 6.05. The van der Waals surface area contributed by atoms with Crippen molar-refractivity contribution in [2.24, 2.45) is 0 Å². The highest BCUT2D eigenvalue weighted by Crippen LogP contribution is 2.31. The minimum Gasteiger partial charge on any atom is -0.356 e. The molecule has 1 nitrogen and oxygen atoms in total. The third kappa shape index (κ3) is 2.03. The predicted molar refractivity (Wildman–Crippen MR) is 72.8 cm³/mol. The lowest BCUT2D eigenvalue weighted by atomic mass is 9.88. The van der Waals surface area contributed by atoms with Gasteiger partial charge in [-0.3, -0.25) is 0 Å². The highest BCUT2D eigenvalue weighted by Gasteiger charge is 2.18. The molecule has 16 heavy (non-hydrogen) atoms. The average Bonchev–Trinajstić information content (AvgIpc) is 2.68. The summed E-state index contributed by atoms with van der Waals surface area (Å²) in [6, 6.07) is 6.52. The standard InChI is InChI=1S/C14H17NS/c1-9-5-4-6-13(10(9)2)11(3)12-7-14(16)15-8-12/h4-6,8,11H,7H2,1-3H3,(H,15,16). The molecule has 0 radical (unpaired) electrons. The van der Waals surface area contributed by atoms with E-state index in [1.165, 1.54) is 22.3 Å². The number of thiocarbonyl (C=S) groups is 1. The van der Waals surface area contributed by atoms with E-state index in [1.807, 2.05) is 0 Å². The maximum absolute atomic E-state index is 5.16. The fourth-order valence-corrected chi connectivity index (χ4v) is 2.41. The van der Waals surface area contributed by atoms with Crippen LogP contribution >= 0.6 is 12.2 Å². The molecule has 1 aromatic rings. The largest absolute Gasteiger partial charge is 0.356 e. The first-order valence-electron chi connectivity index (χ1n) is 5.64. The maximum atomic E-state index is 5.16. The minimum absolute atomic E-state index is 0.452. The van der Waals surface area contributed by atoms with Crippen LogP contribution in [0.25, 0.3) is 0 Å². The molecule has 0 amide bonds. The molecule has 1 aliphatic heterocycles. The first-order chi connectivity index (χ1) is 7.59. The van der Waals surface area contributed by atoms with Crippen LogP contribution in [0.3, 0.4) is 0 Å². The minimum atomic E-state index is 0.452. The molecule has 0 spiro atoms. The van der Waals surface area contributed by atoms with Crippen LogP contribution in [0.1, 0.15) is 36.0 Å². The van der Waals surface area contributed by atoms with Gasteiger partial charge >= 0.3 is 0 Å². The molecule has 1 heterocycles. The smallest absolute Gasteiger partial charge is 0.0834 e. The highest BCUT2D eigenvalue weighted by molar-refractivity contribution is 7.80. The first kappa shape index (κ1) is 11.3. The number of nitrogens with one attached hydrogen (secondary N) is 1. The fraction of sp³-hybridized carbons (Fsp3) is 0.357. The Morgan fingerprint density at radius 1 is 1.31 bits per heavy atom. The molecule has 0 aromatic heterocycles.